The zero-order valence-electron chi connectivity index (χ0n) is 10.9. The molecule has 0 fully saturated rings. The normalized spacial score (nSPS) is 17.9. The fourth-order valence-corrected chi connectivity index (χ4v) is 1.88. The van der Waals surface area contributed by atoms with Gasteiger partial charge < -0.3 is 5.11 Å². The summed E-state index contributed by atoms with van der Waals surface area (Å²) in [7, 11) is 1.91. The van der Waals surface area contributed by atoms with E-state index in [9.17, 15) is 9.90 Å². The molecule has 2 unspecified atom stereocenters. The van der Waals surface area contributed by atoms with Gasteiger partial charge in [0.15, 0.2) is 0 Å². The lowest BCUT2D eigenvalue weighted by Crippen LogP contribution is -2.53. The van der Waals surface area contributed by atoms with E-state index in [1.165, 1.54) is 0 Å². The third-order valence-corrected chi connectivity index (χ3v) is 3.40. The van der Waals surface area contributed by atoms with Crippen molar-refractivity contribution < 1.29 is 9.90 Å². The van der Waals surface area contributed by atoms with Crippen LogP contribution in [0.3, 0.4) is 0 Å². The molecule has 0 bridgehead atoms. The highest BCUT2D eigenvalue weighted by atomic mass is 16.4. The van der Waals surface area contributed by atoms with Crippen LogP contribution in [0.5, 0.6) is 0 Å². The second kappa shape index (κ2) is 5.50. The van der Waals surface area contributed by atoms with Crippen molar-refractivity contribution in [1.29, 1.82) is 0 Å². The van der Waals surface area contributed by atoms with Crippen molar-refractivity contribution in [3.63, 3.8) is 0 Å². The quantitative estimate of drug-likeness (QED) is 0.740. The summed E-state index contributed by atoms with van der Waals surface area (Å²) in [5, 5.41) is 9.24. The molecule has 0 spiro atoms. The lowest BCUT2D eigenvalue weighted by Gasteiger charge is -2.39. The average molecular weight is 215 g/mol. The Morgan fingerprint density at radius 3 is 2.13 bits per heavy atom. The standard InChI is InChI=1S/C12H25NO2/c1-7-12(5,11(14)15)13(6)10(4)8-9(2)3/h9-10H,7-8H2,1-6H3,(H,14,15). The molecule has 0 radical (unpaired) electrons. The van der Waals surface area contributed by atoms with Gasteiger partial charge in [-0.05, 0) is 39.7 Å². The molecule has 0 aromatic heterocycles. The molecule has 0 rings (SSSR count). The minimum atomic E-state index is -0.742. The minimum absolute atomic E-state index is 0.297. The third kappa shape index (κ3) is 3.49. The molecule has 3 heteroatoms. The summed E-state index contributed by atoms with van der Waals surface area (Å²) in [5.74, 6) is -0.138. The first-order valence-electron chi connectivity index (χ1n) is 5.72. The van der Waals surface area contributed by atoms with Crippen LogP contribution in [-0.2, 0) is 4.79 Å². The number of likely N-dealkylation sites (N-methyl/N-ethyl adjacent to an activating group) is 1. The van der Waals surface area contributed by atoms with Crippen LogP contribution >= 0.6 is 0 Å². The number of carboxylic acids is 1. The van der Waals surface area contributed by atoms with Crippen LogP contribution < -0.4 is 0 Å². The maximum absolute atomic E-state index is 11.2. The van der Waals surface area contributed by atoms with Crippen molar-refractivity contribution in [2.24, 2.45) is 5.92 Å². The number of carboxylic acid groups (broad SMARTS) is 1. The minimum Gasteiger partial charge on any atom is -0.480 e. The Hall–Kier alpha value is -0.570. The lowest BCUT2D eigenvalue weighted by molar-refractivity contribution is -0.151. The second-order valence-corrected chi connectivity index (χ2v) is 5.02. The smallest absolute Gasteiger partial charge is 0.323 e. The molecular formula is C12H25NO2. The Balaban J connectivity index is 4.64. The molecule has 0 aliphatic rings. The highest BCUT2D eigenvalue weighted by Gasteiger charge is 2.37. The van der Waals surface area contributed by atoms with Gasteiger partial charge in [-0.15, -0.1) is 0 Å². The number of hydrogen-bond donors (Lipinski definition) is 1. The molecule has 0 saturated carbocycles. The van der Waals surface area contributed by atoms with Crippen molar-refractivity contribution >= 4 is 5.97 Å². The second-order valence-electron chi connectivity index (χ2n) is 5.02. The molecule has 0 aliphatic carbocycles. The van der Waals surface area contributed by atoms with Crippen molar-refractivity contribution in [2.75, 3.05) is 7.05 Å². The maximum atomic E-state index is 11.2. The van der Waals surface area contributed by atoms with E-state index in [0.717, 1.165) is 6.42 Å². The predicted molar refractivity (Wildman–Crippen MR) is 63.0 cm³/mol. The predicted octanol–water partition coefficient (Wildman–Crippen LogP) is 2.61. The Labute approximate surface area is 93.5 Å². The van der Waals surface area contributed by atoms with Crippen molar-refractivity contribution in [1.82, 2.24) is 4.90 Å². The molecule has 0 amide bonds. The highest BCUT2D eigenvalue weighted by Crippen LogP contribution is 2.23. The summed E-state index contributed by atoms with van der Waals surface area (Å²) in [6.07, 6.45) is 1.65. The summed E-state index contributed by atoms with van der Waals surface area (Å²) < 4.78 is 0. The van der Waals surface area contributed by atoms with Gasteiger partial charge in [-0.25, -0.2) is 0 Å². The van der Waals surface area contributed by atoms with E-state index in [2.05, 4.69) is 20.8 Å². The average Bonchev–Trinajstić information content (AvgIpc) is 2.13. The third-order valence-electron chi connectivity index (χ3n) is 3.40. The van der Waals surface area contributed by atoms with E-state index < -0.39 is 11.5 Å². The van der Waals surface area contributed by atoms with Crippen molar-refractivity contribution in [2.45, 2.75) is 59.0 Å². The fourth-order valence-electron chi connectivity index (χ4n) is 1.88. The molecule has 0 aromatic rings. The molecule has 3 nitrogen and oxygen atoms in total. The monoisotopic (exact) mass is 215 g/mol. The van der Waals surface area contributed by atoms with Crippen molar-refractivity contribution in [3.05, 3.63) is 0 Å². The fraction of sp³-hybridized carbons (Fsp3) is 0.917. The number of rotatable bonds is 6. The van der Waals surface area contributed by atoms with E-state index in [1.807, 2.05) is 18.9 Å². The molecule has 2 atom stereocenters. The Morgan fingerprint density at radius 1 is 1.40 bits per heavy atom. The van der Waals surface area contributed by atoms with Gasteiger partial charge in [0.2, 0.25) is 0 Å². The molecule has 0 aromatic carbocycles. The lowest BCUT2D eigenvalue weighted by atomic mass is 9.93. The van der Waals surface area contributed by atoms with Gasteiger partial charge >= 0.3 is 5.97 Å². The van der Waals surface area contributed by atoms with E-state index in [4.69, 9.17) is 0 Å². The number of hydrogen-bond acceptors (Lipinski definition) is 2. The van der Waals surface area contributed by atoms with Gasteiger partial charge in [-0.1, -0.05) is 20.8 Å². The van der Waals surface area contributed by atoms with Crippen LogP contribution in [0.2, 0.25) is 0 Å². The van der Waals surface area contributed by atoms with Crippen LogP contribution in [0.15, 0.2) is 0 Å². The number of aliphatic carboxylic acids is 1. The first-order valence-corrected chi connectivity index (χ1v) is 5.72. The van der Waals surface area contributed by atoms with E-state index in [-0.39, 0.29) is 0 Å². The number of nitrogens with zero attached hydrogens (tertiary/aromatic N) is 1. The number of carbonyl (C=O) groups is 1. The zero-order chi connectivity index (χ0) is 12.2. The van der Waals surface area contributed by atoms with E-state index in [1.54, 1.807) is 6.92 Å². The highest BCUT2D eigenvalue weighted by molar-refractivity contribution is 5.78. The van der Waals surface area contributed by atoms with Gasteiger partial charge in [0, 0.05) is 6.04 Å². The van der Waals surface area contributed by atoms with Gasteiger partial charge in [-0.3, -0.25) is 9.69 Å². The SMILES string of the molecule is CCC(C)(C(=O)O)N(C)C(C)CC(C)C. The van der Waals surface area contributed by atoms with Crippen LogP contribution in [0.1, 0.15) is 47.5 Å². The summed E-state index contributed by atoms with van der Waals surface area (Å²) >= 11 is 0. The first-order chi connectivity index (χ1) is 6.75. The first kappa shape index (κ1) is 14.4. The Kier molecular flexibility index (Phi) is 5.29. The molecule has 90 valence electrons. The Bertz CT molecular complexity index is 216. The van der Waals surface area contributed by atoms with Crippen LogP contribution in [0, 0.1) is 5.92 Å². The van der Waals surface area contributed by atoms with Crippen LogP contribution in [0.4, 0.5) is 0 Å². The molecule has 0 aliphatic heterocycles. The molecule has 1 N–H and O–H groups in total. The van der Waals surface area contributed by atoms with Gasteiger partial charge in [0.1, 0.15) is 5.54 Å². The van der Waals surface area contributed by atoms with Crippen LogP contribution in [0.25, 0.3) is 0 Å². The van der Waals surface area contributed by atoms with Gasteiger partial charge in [0.25, 0.3) is 0 Å². The molecule has 15 heavy (non-hydrogen) atoms. The largest absolute Gasteiger partial charge is 0.480 e. The zero-order valence-corrected chi connectivity index (χ0v) is 10.9. The topological polar surface area (TPSA) is 40.5 Å². The summed E-state index contributed by atoms with van der Waals surface area (Å²) in [6, 6.07) is 0.297. The molecule has 0 heterocycles. The summed E-state index contributed by atoms with van der Waals surface area (Å²) in [4.78, 5) is 13.2. The molecule has 0 saturated heterocycles. The van der Waals surface area contributed by atoms with Gasteiger partial charge in [-0.2, -0.15) is 0 Å². The van der Waals surface area contributed by atoms with Crippen molar-refractivity contribution in [3.8, 4) is 0 Å². The summed E-state index contributed by atoms with van der Waals surface area (Å²) in [5.41, 5.74) is -0.742. The van der Waals surface area contributed by atoms with E-state index >= 15 is 0 Å². The van der Waals surface area contributed by atoms with E-state index in [0.29, 0.717) is 18.4 Å². The summed E-state index contributed by atoms with van der Waals surface area (Å²) in [6.45, 7) is 10.1. The van der Waals surface area contributed by atoms with Crippen LogP contribution in [-0.4, -0.2) is 34.6 Å². The van der Waals surface area contributed by atoms with Gasteiger partial charge in [0.05, 0.1) is 0 Å². The Morgan fingerprint density at radius 2 is 1.87 bits per heavy atom. The molecular weight excluding hydrogens is 190 g/mol. The maximum Gasteiger partial charge on any atom is 0.323 e.